The summed E-state index contributed by atoms with van der Waals surface area (Å²) < 4.78 is 0.811. The molecule has 2 amide bonds. The lowest BCUT2D eigenvalue weighted by Gasteiger charge is -2.26. The van der Waals surface area contributed by atoms with Gasteiger partial charge >= 0.3 is 0 Å². The van der Waals surface area contributed by atoms with Gasteiger partial charge < -0.3 is 16.0 Å². The largest absolute Gasteiger partial charge is 0.346 e. The van der Waals surface area contributed by atoms with Gasteiger partial charge in [0.25, 0.3) is 0 Å². The molecule has 0 spiro atoms. The number of halogens is 3. The van der Waals surface area contributed by atoms with Crippen LogP contribution in [0.2, 0.25) is 0 Å². The summed E-state index contributed by atoms with van der Waals surface area (Å²) >= 11 is 3.36. The number of para-hydroxylation sites is 1. The van der Waals surface area contributed by atoms with Crippen LogP contribution in [0.15, 0.2) is 28.7 Å². The van der Waals surface area contributed by atoms with Crippen LogP contribution in [-0.2, 0) is 9.59 Å². The minimum Gasteiger partial charge on any atom is -0.346 e. The van der Waals surface area contributed by atoms with Crippen LogP contribution in [0.5, 0.6) is 0 Å². The van der Waals surface area contributed by atoms with Crippen molar-refractivity contribution >= 4 is 58.2 Å². The summed E-state index contributed by atoms with van der Waals surface area (Å²) in [6, 6.07) is 7.35. The zero-order chi connectivity index (χ0) is 15.1. The maximum Gasteiger partial charge on any atom is 0.243 e. The molecular weight excluding hydrogens is 407 g/mol. The first kappa shape index (κ1) is 22.1. The number of anilines is 1. The number of nitrogens with zero attached hydrogens (tertiary/aromatic N) is 1. The number of benzene rings is 1. The van der Waals surface area contributed by atoms with Crippen molar-refractivity contribution in [2.24, 2.45) is 0 Å². The number of amides is 2. The molecule has 0 unspecified atom stereocenters. The van der Waals surface area contributed by atoms with Gasteiger partial charge in [-0.3, -0.25) is 14.5 Å². The summed E-state index contributed by atoms with van der Waals surface area (Å²) in [5, 5.41) is 8.61. The van der Waals surface area contributed by atoms with Crippen LogP contribution in [-0.4, -0.2) is 56.0 Å². The fraction of sp³-hybridized carbons (Fsp3) is 0.429. The fourth-order valence-electron chi connectivity index (χ4n) is 2.06. The van der Waals surface area contributed by atoms with E-state index < -0.39 is 0 Å². The summed E-state index contributed by atoms with van der Waals surface area (Å²) in [6.45, 7) is 3.83. The molecule has 1 aromatic rings. The van der Waals surface area contributed by atoms with Crippen LogP contribution in [0.4, 0.5) is 5.69 Å². The summed E-state index contributed by atoms with van der Waals surface area (Å²) in [4.78, 5) is 25.6. The van der Waals surface area contributed by atoms with Gasteiger partial charge in [-0.25, -0.2) is 0 Å². The van der Waals surface area contributed by atoms with Crippen LogP contribution < -0.4 is 16.0 Å². The predicted octanol–water partition coefficient (Wildman–Crippen LogP) is 1.25. The number of hydrogen-bond donors (Lipinski definition) is 3. The minimum absolute atomic E-state index is 0. The van der Waals surface area contributed by atoms with Crippen LogP contribution in [0.25, 0.3) is 0 Å². The third-order valence-electron chi connectivity index (χ3n) is 3.17. The van der Waals surface area contributed by atoms with Gasteiger partial charge in [0.15, 0.2) is 0 Å². The third kappa shape index (κ3) is 7.99. The number of piperazine rings is 1. The van der Waals surface area contributed by atoms with Gasteiger partial charge in [-0.15, -0.1) is 24.8 Å². The summed E-state index contributed by atoms with van der Waals surface area (Å²) in [7, 11) is 0. The van der Waals surface area contributed by atoms with Crippen LogP contribution in [0.3, 0.4) is 0 Å². The lowest BCUT2D eigenvalue weighted by Crippen LogP contribution is -2.48. The quantitative estimate of drug-likeness (QED) is 0.661. The second-order valence-corrected chi connectivity index (χ2v) is 5.69. The van der Waals surface area contributed by atoms with E-state index in [0.717, 1.165) is 30.7 Å². The lowest BCUT2D eigenvalue weighted by molar-refractivity contribution is -0.125. The van der Waals surface area contributed by atoms with Gasteiger partial charge in [-0.05, 0) is 28.1 Å². The van der Waals surface area contributed by atoms with E-state index in [1.54, 1.807) is 6.07 Å². The van der Waals surface area contributed by atoms with Crippen molar-refractivity contribution in [1.82, 2.24) is 15.5 Å². The SMILES string of the molecule is Cl.Cl.O=C(CN1CCNCC1)NCC(=O)Nc1ccccc1Br. The number of nitrogens with one attached hydrogen (secondary N) is 3. The number of carbonyl (C=O) groups excluding carboxylic acids is 2. The first-order valence-electron chi connectivity index (χ1n) is 6.89. The number of rotatable bonds is 5. The minimum atomic E-state index is -0.240. The van der Waals surface area contributed by atoms with Crippen LogP contribution in [0.1, 0.15) is 0 Å². The van der Waals surface area contributed by atoms with Gasteiger partial charge in [0, 0.05) is 30.7 Å². The zero-order valence-electron chi connectivity index (χ0n) is 12.5. The molecule has 1 fully saturated rings. The van der Waals surface area contributed by atoms with E-state index in [9.17, 15) is 9.59 Å². The van der Waals surface area contributed by atoms with Gasteiger partial charge in [0.05, 0.1) is 18.8 Å². The first-order valence-corrected chi connectivity index (χ1v) is 7.68. The average molecular weight is 428 g/mol. The molecule has 1 heterocycles. The normalized spacial score (nSPS) is 14.1. The molecule has 2 rings (SSSR count). The second-order valence-electron chi connectivity index (χ2n) is 4.83. The van der Waals surface area contributed by atoms with E-state index in [0.29, 0.717) is 12.2 Å². The molecule has 0 radical (unpaired) electrons. The lowest BCUT2D eigenvalue weighted by atomic mass is 10.3. The Morgan fingerprint density at radius 3 is 2.43 bits per heavy atom. The van der Waals surface area contributed by atoms with E-state index in [-0.39, 0.29) is 43.2 Å². The Balaban J connectivity index is 0.00000242. The molecule has 23 heavy (non-hydrogen) atoms. The smallest absolute Gasteiger partial charge is 0.243 e. The van der Waals surface area contributed by atoms with Crippen LogP contribution in [0, 0.1) is 0 Å². The molecule has 1 saturated heterocycles. The molecular formula is C14H21BrCl2N4O2. The average Bonchev–Trinajstić information content (AvgIpc) is 2.49. The molecule has 3 N–H and O–H groups in total. The third-order valence-corrected chi connectivity index (χ3v) is 3.86. The Morgan fingerprint density at radius 1 is 1.13 bits per heavy atom. The van der Waals surface area contributed by atoms with Crippen molar-refractivity contribution in [1.29, 1.82) is 0 Å². The highest BCUT2D eigenvalue weighted by Crippen LogP contribution is 2.20. The van der Waals surface area contributed by atoms with E-state index in [4.69, 9.17) is 0 Å². The maximum absolute atomic E-state index is 11.8. The molecule has 130 valence electrons. The molecule has 1 aliphatic rings. The van der Waals surface area contributed by atoms with E-state index in [1.807, 2.05) is 18.2 Å². The summed E-state index contributed by atoms with van der Waals surface area (Å²) in [5.41, 5.74) is 0.693. The van der Waals surface area contributed by atoms with E-state index >= 15 is 0 Å². The van der Waals surface area contributed by atoms with Crippen molar-refractivity contribution in [2.45, 2.75) is 0 Å². The van der Waals surface area contributed by atoms with Crippen molar-refractivity contribution in [3.8, 4) is 0 Å². The monoisotopic (exact) mass is 426 g/mol. The topological polar surface area (TPSA) is 73.5 Å². The van der Waals surface area contributed by atoms with Gasteiger partial charge in [0.2, 0.25) is 11.8 Å². The summed E-state index contributed by atoms with van der Waals surface area (Å²) in [6.07, 6.45) is 0. The second kappa shape index (κ2) is 11.6. The van der Waals surface area contributed by atoms with E-state index in [2.05, 4.69) is 36.8 Å². The predicted molar refractivity (Wildman–Crippen MR) is 99.6 cm³/mol. The maximum atomic E-state index is 11.8. The Kier molecular flexibility index (Phi) is 11.2. The van der Waals surface area contributed by atoms with Gasteiger partial charge in [-0.2, -0.15) is 0 Å². The Hall–Kier alpha value is -0.860. The van der Waals surface area contributed by atoms with Crippen LogP contribution >= 0.6 is 40.7 Å². The van der Waals surface area contributed by atoms with Crippen molar-refractivity contribution in [2.75, 3.05) is 44.6 Å². The molecule has 1 aliphatic heterocycles. The molecule has 0 aliphatic carbocycles. The molecule has 0 atom stereocenters. The Bertz CT molecular complexity index is 513. The Labute approximate surface area is 156 Å². The molecule has 0 aromatic heterocycles. The highest BCUT2D eigenvalue weighted by atomic mass is 79.9. The van der Waals surface area contributed by atoms with Crippen molar-refractivity contribution < 1.29 is 9.59 Å². The molecule has 6 nitrogen and oxygen atoms in total. The Morgan fingerprint density at radius 2 is 1.78 bits per heavy atom. The van der Waals surface area contributed by atoms with Crippen molar-refractivity contribution in [3.05, 3.63) is 28.7 Å². The van der Waals surface area contributed by atoms with Gasteiger partial charge in [-0.1, -0.05) is 12.1 Å². The van der Waals surface area contributed by atoms with E-state index in [1.165, 1.54) is 0 Å². The molecule has 9 heteroatoms. The summed E-state index contributed by atoms with van der Waals surface area (Å²) in [5.74, 6) is -0.366. The molecule has 0 bridgehead atoms. The molecule has 1 aromatic carbocycles. The number of carbonyl (C=O) groups is 2. The zero-order valence-corrected chi connectivity index (χ0v) is 15.7. The highest BCUT2D eigenvalue weighted by molar-refractivity contribution is 9.10. The first-order chi connectivity index (χ1) is 10.1. The number of hydrogen-bond acceptors (Lipinski definition) is 4. The van der Waals surface area contributed by atoms with Crippen molar-refractivity contribution in [3.63, 3.8) is 0 Å². The highest BCUT2D eigenvalue weighted by Gasteiger charge is 2.14. The fourth-order valence-corrected chi connectivity index (χ4v) is 2.45. The standard InChI is InChI=1S/C14H19BrN4O2.2ClH/c15-11-3-1-2-4-12(11)18-13(20)9-17-14(21)10-19-7-5-16-6-8-19;;/h1-4,16H,5-10H2,(H,17,21)(H,18,20);2*1H. The van der Waals surface area contributed by atoms with Gasteiger partial charge in [0.1, 0.15) is 0 Å². The molecule has 0 saturated carbocycles.